The van der Waals surface area contributed by atoms with E-state index < -0.39 is 0 Å². The summed E-state index contributed by atoms with van der Waals surface area (Å²) in [6, 6.07) is 7.81. The van der Waals surface area contributed by atoms with Crippen molar-refractivity contribution in [3.05, 3.63) is 30.6 Å². The van der Waals surface area contributed by atoms with Gasteiger partial charge >= 0.3 is 0 Å². The van der Waals surface area contributed by atoms with Gasteiger partial charge in [-0.1, -0.05) is 0 Å². The maximum atomic E-state index is 5.60. The molecule has 0 aliphatic carbocycles. The topological polar surface area (TPSA) is 76.2 Å². The third-order valence-electron chi connectivity index (χ3n) is 4.23. The molecule has 0 saturated carbocycles. The minimum atomic E-state index is 0.202. The fraction of sp³-hybridized carbons (Fsp3) is 0.353. The molecule has 0 amide bonds. The number of benzene rings is 1. The zero-order valence-electron chi connectivity index (χ0n) is 13.7. The Morgan fingerprint density at radius 1 is 1.29 bits per heavy atom. The van der Waals surface area contributed by atoms with Gasteiger partial charge in [0.25, 0.3) is 0 Å². The Labute approximate surface area is 139 Å². The molecular weight excluding hydrogens is 306 g/mol. The maximum Gasteiger partial charge on any atom is 0.132 e. The van der Waals surface area contributed by atoms with Crippen LogP contribution in [0.25, 0.3) is 22.3 Å². The van der Waals surface area contributed by atoms with Crippen LogP contribution in [0.4, 0.5) is 5.82 Å². The van der Waals surface area contributed by atoms with E-state index in [1.807, 2.05) is 24.3 Å². The number of ether oxygens (including phenoxy) is 2. The summed E-state index contributed by atoms with van der Waals surface area (Å²) in [5.41, 5.74) is 2.54. The van der Waals surface area contributed by atoms with E-state index in [0.29, 0.717) is 6.61 Å². The quantitative estimate of drug-likeness (QED) is 0.796. The number of nitrogens with zero attached hydrogens (tertiary/aromatic N) is 4. The molecule has 1 fully saturated rings. The summed E-state index contributed by atoms with van der Waals surface area (Å²) in [6.07, 6.45) is 1.79. The van der Waals surface area contributed by atoms with Gasteiger partial charge in [0.2, 0.25) is 0 Å². The van der Waals surface area contributed by atoms with Crippen LogP contribution < -0.4 is 9.64 Å². The lowest BCUT2D eigenvalue weighted by atomic mass is 10.1. The van der Waals surface area contributed by atoms with Crippen LogP contribution in [0.15, 0.2) is 30.6 Å². The maximum absolute atomic E-state index is 5.60. The Bertz CT molecular complexity index is 863. The first kappa shape index (κ1) is 14.9. The van der Waals surface area contributed by atoms with E-state index in [2.05, 4.69) is 32.0 Å². The Morgan fingerprint density at radius 3 is 3.04 bits per heavy atom. The van der Waals surface area contributed by atoms with Crippen molar-refractivity contribution in [3.63, 3.8) is 0 Å². The average Bonchev–Trinajstić information content (AvgIpc) is 3.05. The van der Waals surface area contributed by atoms with Gasteiger partial charge in [-0.15, -0.1) is 0 Å². The second-order valence-corrected chi connectivity index (χ2v) is 5.87. The highest BCUT2D eigenvalue weighted by Gasteiger charge is 2.19. The molecule has 124 valence electrons. The molecule has 0 spiro atoms. The van der Waals surface area contributed by atoms with Crippen LogP contribution in [-0.4, -0.2) is 53.1 Å². The summed E-state index contributed by atoms with van der Waals surface area (Å²) in [5, 5.41) is 8.45. The Hall–Kier alpha value is -2.67. The zero-order chi connectivity index (χ0) is 16.5. The SMILES string of the molecule is COc1ccc2[nH]nc(-c3cc(N4CCOC(C)C4)ncn3)c2c1. The van der Waals surface area contributed by atoms with Crippen LogP contribution in [-0.2, 0) is 4.74 Å². The molecule has 2 aromatic heterocycles. The number of methoxy groups -OCH3 is 1. The molecule has 1 aliphatic heterocycles. The van der Waals surface area contributed by atoms with E-state index >= 15 is 0 Å². The molecule has 1 N–H and O–H groups in total. The molecule has 0 radical (unpaired) electrons. The monoisotopic (exact) mass is 325 g/mol. The Balaban J connectivity index is 1.73. The molecule has 7 nitrogen and oxygen atoms in total. The van der Waals surface area contributed by atoms with Crippen LogP contribution in [0.2, 0.25) is 0 Å². The Kier molecular flexibility index (Phi) is 3.78. The lowest BCUT2D eigenvalue weighted by Gasteiger charge is -2.31. The van der Waals surface area contributed by atoms with Crippen molar-refractivity contribution < 1.29 is 9.47 Å². The minimum Gasteiger partial charge on any atom is -0.497 e. The van der Waals surface area contributed by atoms with E-state index in [-0.39, 0.29) is 6.10 Å². The van der Waals surface area contributed by atoms with Crippen molar-refractivity contribution in [2.24, 2.45) is 0 Å². The molecule has 1 aliphatic rings. The van der Waals surface area contributed by atoms with Gasteiger partial charge in [0.1, 0.15) is 23.6 Å². The third-order valence-corrected chi connectivity index (χ3v) is 4.23. The number of hydrogen-bond donors (Lipinski definition) is 1. The second kappa shape index (κ2) is 6.09. The molecule has 0 bridgehead atoms. The number of nitrogens with one attached hydrogen (secondary N) is 1. The number of fused-ring (bicyclic) bond motifs is 1. The number of aromatic amines is 1. The molecule has 3 heterocycles. The fourth-order valence-corrected chi connectivity index (χ4v) is 2.99. The highest BCUT2D eigenvalue weighted by Crippen LogP contribution is 2.29. The summed E-state index contributed by atoms with van der Waals surface area (Å²) in [5.74, 6) is 1.69. The van der Waals surface area contributed by atoms with Crippen molar-refractivity contribution in [2.75, 3.05) is 31.7 Å². The zero-order valence-corrected chi connectivity index (χ0v) is 13.7. The van der Waals surface area contributed by atoms with Crippen molar-refractivity contribution >= 4 is 16.7 Å². The summed E-state index contributed by atoms with van der Waals surface area (Å²) in [7, 11) is 1.66. The standard InChI is InChI=1S/C17H19N5O2/c1-11-9-22(5-6-24-11)16-8-15(18-10-19-16)17-13-7-12(23-2)3-4-14(13)20-21-17/h3-4,7-8,10-11H,5-6,9H2,1-2H3,(H,20,21). The predicted molar refractivity (Wildman–Crippen MR) is 91.3 cm³/mol. The summed E-state index contributed by atoms with van der Waals surface area (Å²) < 4.78 is 10.9. The van der Waals surface area contributed by atoms with Crippen LogP contribution in [0.5, 0.6) is 5.75 Å². The van der Waals surface area contributed by atoms with Gasteiger partial charge in [-0.25, -0.2) is 9.97 Å². The van der Waals surface area contributed by atoms with Crippen LogP contribution in [0.1, 0.15) is 6.92 Å². The van der Waals surface area contributed by atoms with E-state index in [0.717, 1.165) is 46.9 Å². The van der Waals surface area contributed by atoms with E-state index in [1.54, 1.807) is 13.4 Å². The van der Waals surface area contributed by atoms with E-state index in [9.17, 15) is 0 Å². The first-order valence-electron chi connectivity index (χ1n) is 7.95. The largest absolute Gasteiger partial charge is 0.497 e. The average molecular weight is 325 g/mol. The number of anilines is 1. The van der Waals surface area contributed by atoms with Gasteiger partial charge in [-0.05, 0) is 25.1 Å². The number of morpholine rings is 1. The smallest absolute Gasteiger partial charge is 0.132 e. The van der Waals surface area contributed by atoms with Crippen LogP contribution >= 0.6 is 0 Å². The van der Waals surface area contributed by atoms with Gasteiger partial charge in [-0.2, -0.15) is 5.10 Å². The summed E-state index contributed by atoms with van der Waals surface area (Å²) in [6.45, 7) is 4.44. The third kappa shape index (κ3) is 2.67. The van der Waals surface area contributed by atoms with Crippen LogP contribution in [0, 0.1) is 0 Å². The molecule has 1 aromatic carbocycles. The van der Waals surface area contributed by atoms with E-state index in [1.165, 1.54) is 0 Å². The van der Waals surface area contributed by atoms with Crippen molar-refractivity contribution in [3.8, 4) is 17.1 Å². The number of rotatable bonds is 3. The molecule has 3 aromatic rings. The lowest BCUT2D eigenvalue weighted by Crippen LogP contribution is -2.41. The predicted octanol–water partition coefficient (Wildman–Crippen LogP) is 2.25. The fourth-order valence-electron chi connectivity index (χ4n) is 2.99. The molecule has 1 atom stereocenters. The lowest BCUT2D eigenvalue weighted by molar-refractivity contribution is 0.0529. The number of aromatic nitrogens is 4. The van der Waals surface area contributed by atoms with Gasteiger partial charge in [0.15, 0.2) is 0 Å². The number of H-pyrrole nitrogens is 1. The van der Waals surface area contributed by atoms with Gasteiger partial charge < -0.3 is 14.4 Å². The normalized spacial score (nSPS) is 18.1. The molecular formula is C17H19N5O2. The molecule has 1 unspecified atom stereocenters. The molecule has 7 heteroatoms. The minimum absolute atomic E-state index is 0.202. The van der Waals surface area contributed by atoms with Crippen LogP contribution in [0.3, 0.4) is 0 Å². The van der Waals surface area contributed by atoms with Gasteiger partial charge in [-0.3, -0.25) is 5.10 Å². The molecule has 24 heavy (non-hydrogen) atoms. The second-order valence-electron chi connectivity index (χ2n) is 5.87. The Morgan fingerprint density at radius 2 is 2.21 bits per heavy atom. The van der Waals surface area contributed by atoms with E-state index in [4.69, 9.17) is 9.47 Å². The summed E-state index contributed by atoms with van der Waals surface area (Å²) >= 11 is 0. The van der Waals surface area contributed by atoms with Gasteiger partial charge in [0, 0.05) is 24.5 Å². The first-order valence-corrected chi connectivity index (χ1v) is 7.95. The van der Waals surface area contributed by atoms with Crippen molar-refractivity contribution in [1.29, 1.82) is 0 Å². The van der Waals surface area contributed by atoms with Gasteiger partial charge in [0.05, 0.1) is 31.0 Å². The van der Waals surface area contributed by atoms with Crippen molar-refractivity contribution in [2.45, 2.75) is 13.0 Å². The molecule has 4 rings (SSSR count). The number of hydrogen-bond acceptors (Lipinski definition) is 6. The molecule has 1 saturated heterocycles. The first-order chi connectivity index (χ1) is 11.7. The highest BCUT2D eigenvalue weighted by molar-refractivity contribution is 5.93. The van der Waals surface area contributed by atoms with Crippen molar-refractivity contribution in [1.82, 2.24) is 20.2 Å². The summed E-state index contributed by atoms with van der Waals surface area (Å²) in [4.78, 5) is 11.0. The highest BCUT2D eigenvalue weighted by atomic mass is 16.5.